The van der Waals surface area contributed by atoms with E-state index in [1.54, 1.807) is 0 Å². The van der Waals surface area contributed by atoms with Gasteiger partial charge in [-0.15, -0.1) is 0 Å². The maximum Gasteiger partial charge on any atom is 0.0593 e. The SMILES string of the molecule is CCCCOCCN1CC(C)(C)NCC1CCC. The molecule has 1 unspecified atom stereocenters. The van der Waals surface area contributed by atoms with Gasteiger partial charge in [-0.1, -0.05) is 26.7 Å². The first-order valence-corrected chi connectivity index (χ1v) is 7.66. The molecule has 1 N–H and O–H groups in total. The lowest BCUT2D eigenvalue weighted by Crippen LogP contribution is -2.61. The highest BCUT2D eigenvalue weighted by atomic mass is 16.5. The zero-order chi connectivity index (χ0) is 13.4. The molecule has 3 heteroatoms. The lowest BCUT2D eigenvalue weighted by Gasteiger charge is -2.44. The van der Waals surface area contributed by atoms with E-state index in [-0.39, 0.29) is 5.54 Å². The number of nitrogens with zero attached hydrogens (tertiary/aromatic N) is 1. The minimum Gasteiger partial charge on any atom is -0.380 e. The van der Waals surface area contributed by atoms with Gasteiger partial charge in [0.05, 0.1) is 6.61 Å². The van der Waals surface area contributed by atoms with Crippen LogP contribution in [0.3, 0.4) is 0 Å². The average Bonchev–Trinajstić information content (AvgIpc) is 2.32. The maximum atomic E-state index is 5.71. The van der Waals surface area contributed by atoms with Gasteiger partial charge in [-0.2, -0.15) is 0 Å². The third kappa shape index (κ3) is 5.68. The van der Waals surface area contributed by atoms with Crippen LogP contribution >= 0.6 is 0 Å². The van der Waals surface area contributed by atoms with E-state index in [1.165, 1.54) is 25.7 Å². The zero-order valence-corrected chi connectivity index (χ0v) is 12.8. The highest BCUT2D eigenvalue weighted by Crippen LogP contribution is 2.17. The quantitative estimate of drug-likeness (QED) is 0.676. The van der Waals surface area contributed by atoms with Crippen molar-refractivity contribution < 1.29 is 4.74 Å². The van der Waals surface area contributed by atoms with Gasteiger partial charge in [0.15, 0.2) is 0 Å². The number of nitrogens with one attached hydrogen (secondary N) is 1. The third-order valence-electron chi connectivity index (χ3n) is 3.72. The topological polar surface area (TPSA) is 24.5 Å². The van der Waals surface area contributed by atoms with E-state index in [2.05, 4.69) is 37.9 Å². The maximum absolute atomic E-state index is 5.71. The van der Waals surface area contributed by atoms with Crippen LogP contribution in [0.4, 0.5) is 0 Å². The van der Waals surface area contributed by atoms with Crippen molar-refractivity contribution in [3.05, 3.63) is 0 Å². The molecule has 3 nitrogen and oxygen atoms in total. The monoisotopic (exact) mass is 256 g/mol. The lowest BCUT2D eigenvalue weighted by atomic mass is 9.97. The summed E-state index contributed by atoms with van der Waals surface area (Å²) in [5.74, 6) is 0. The van der Waals surface area contributed by atoms with Gasteiger partial charge in [-0.25, -0.2) is 0 Å². The molecule has 1 atom stereocenters. The van der Waals surface area contributed by atoms with Crippen LogP contribution in [0.15, 0.2) is 0 Å². The fourth-order valence-electron chi connectivity index (χ4n) is 2.63. The molecular weight excluding hydrogens is 224 g/mol. The molecule has 0 saturated carbocycles. The van der Waals surface area contributed by atoms with Gasteiger partial charge in [-0.05, 0) is 26.7 Å². The molecule has 0 aliphatic carbocycles. The number of unbranched alkanes of at least 4 members (excludes halogenated alkanes) is 1. The van der Waals surface area contributed by atoms with Crippen LogP contribution in [0.1, 0.15) is 53.4 Å². The molecule has 0 radical (unpaired) electrons. The van der Waals surface area contributed by atoms with E-state index in [9.17, 15) is 0 Å². The Bertz CT molecular complexity index is 219. The van der Waals surface area contributed by atoms with E-state index in [1.807, 2.05) is 0 Å². The summed E-state index contributed by atoms with van der Waals surface area (Å²) in [5, 5.41) is 3.65. The molecule has 1 aliphatic heterocycles. The van der Waals surface area contributed by atoms with E-state index in [0.29, 0.717) is 6.04 Å². The molecule has 108 valence electrons. The Labute approximate surface area is 113 Å². The van der Waals surface area contributed by atoms with Crippen LogP contribution < -0.4 is 5.32 Å². The molecular formula is C15H32N2O. The Morgan fingerprint density at radius 3 is 2.67 bits per heavy atom. The minimum atomic E-state index is 0.244. The van der Waals surface area contributed by atoms with Crippen LogP contribution in [0, 0.1) is 0 Å². The molecule has 0 aromatic carbocycles. The van der Waals surface area contributed by atoms with Crippen molar-refractivity contribution in [1.82, 2.24) is 10.2 Å². The minimum absolute atomic E-state index is 0.244. The van der Waals surface area contributed by atoms with Crippen molar-refractivity contribution >= 4 is 0 Å². The Balaban J connectivity index is 2.31. The average molecular weight is 256 g/mol. The third-order valence-corrected chi connectivity index (χ3v) is 3.72. The second-order valence-corrected chi connectivity index (χ2v) is 6.14. The van der Waals surface area contributed by atoms with Crippen LogP contribution in [-0.4, -0.2) is 49.3 Å². The van der Waals surface area contributed by atoms with Crippen LogP contribution in [-0.2, 0) is 4.74 Å². The Morgan fingerprint density at radius 1 is 1.22 bits per heavy atom. The van der Waals surface area contributed by atoms with Crippen molar-refractivity contribution in [3.8, 4) is 0 Å². The van der Waals surface area contributed by atoms with Crippen molar-refractivity contribution in [2.75, 3.05) is 32.8 Å². The normalized spacial score (nSPS) is 24.3. The van der Waals surface area contributed by atoms with Crippen LogP contribution in [0.5, 0.6) is 0 Å². The molecule has 0 spiro atoms. The molecule has 0 aromatic heterocycles. The molecule has 1 rings (SSSR count). The van der Waals surface area contributed by atoms with Gasteiger partial charge in [0.2, 0.25) is 0 Å². The molecule has 1 saturated heterocycles. The van der Waals surface area contributed by atoms with Gasteiger partial charge >= 0.3 is 0 Å². The predicted octanol–water partition coefficient (Wildman–Crippen LogP) is 2.66. The highest BCUT2D eigenvalue weighted by Gasteiger charge is 2.31. The molecule has 1 heterocycles. The largest absolute Gasteiger partial charge is 0.380 e. The summed E-state index contributed by atoms with van der Waals surface area (Å²) in [4.78, 5) is 2.62. The van der Waals surface area contributed by atoms with Crippen LogP contribution in [0.25, 0.3) is 0 Å². The van der Waals surface area contributed by atoms with Gasteiger partial charge in [0.25, 0.3) is 0 Å². The van der Waals surface area contributed by atoms with Crippen molar-refractivity contribution in [3.63, 3.8) is 0 Å². The fraction of sp³-hybridized carbons (Fsp3) is 1.00. The van der Waals surface area contributed by atoms with Gasteiger partial charge < -0.3 is 10.1 Å². The van der Waals surface area contributed by atoms with Gasteiger partial charge in [0, 0.05) is 37.8 Å². The van der Waals surface area contributed by atoms with E-state index >= 15 is 0 Å². The number of ether oxygens (including phenoxy) is 1. The van der Waals surface area contributed by atoms with E-state index < -0.39 is 0 Å². The first-order chi connectivity index (χ1) is 8.59. The summed E-state index contributed by atoms with van der Waals surface area (Å²) in [6, 6.07) is 0.692. The summed E-state index contributed by atoms with van der Waals surface area (Å²) in [6.07, 6.45) is 4.96. The van der Waals surface area contributed by atoms with Gasteiger partial charge in [-0.3, -0.25) is 4.90 Å². The lowest BCUT2D eigenvalue weighted by molar-refractivity contribution is 0.0456. The van der Waals surface area contributed by atoms with Crippen LogP contribution in [0.2, 0.25) is 0 Å². The second kappa shape index (κ2) is 8.13. The highest BCUT2D eigenvalue weighted by molar-refractivity contribution is 4.91. The molecule has 18 heavy (non-hydrogen) atoms. The first-order valence-electron chi connectivity index (χ1n) is 7.66. The smallest absolute Gasteiger partial charge is 0.0593 e. The molecule has 1 aliphatic rings. The fourth-order valence-corrected chi connectivity index (χ4v) is 2.63. The summed E-state index contributed by atoms with van der Waals surface area (Å²) in [5.41, 5.74) is 0.244. The standard InChI is InChI=1S/C15H32N2O/c1-5-7-10-18-11-9-17-13-15(3,4)16-12-14(17)8-6-2/h14,16H,5-13H2,1-4H3. The molecule has 0 bridgehead atoms. The van der Waals surface area contributed by atoms with Crippen molar-refractivity contribution in [2.45, 2.75) is 65.0 Å². The van der Waals surface area contributed by atoms with E-state index in [0.717, 1.165) is 32.8 Å². The number of rotatable bonds is 8. The summed E-state index contributed by atoms with van der Waals surface area (Å²) in [7, 11) is 0. The number of hydrogen-bond acceptors (Lipinski definition) is 3. The summed E-state index contributed by atoms with van der Waals surface area (Å²) >= 11 is 0. The van der Waals surface area contributed by atoms with Crippen molar-refractivity contribution in [1.29, 1.82) is 0 Å². The predicted molar refractivity (Wildman–Crippen MR) is 78.1 cm³/mol. The first kappa shape index (κ1) is 15.9. The Hall–Kier alpha value is -0.120. The Morgan fingerprint density at radius 2 is 2.00 bits per heavy atom. The second-order valence-electron chi connectivity index (χ2n) is 6.14. The molecule has 0 aromatic rings. The number of hydrogen-bond donors (Lipinski definition) is 1. The Kier molecular flexibility index (Phi) is 7.20. The summed E-state index contributed by atoms with van der Waals surface area (Å²) < 4.78 is 5.71. The zero-order valence-electron chi connectivity index (χ0n) is 12.8. The van der Waals surface area contributed by atoms with E-state index in [4.69, 9.17) is 4.74 Å². The summed E-state index contributed by atoms with van der Waals surface area (Å²) in [6.45, 7) is 14.2. The number of piperazine rings is 1. The van der Waals surface area contributed by atoms with Crippen molar-refractivity contribution in [2.24, 2.45) is 0 Å². The van der Waals surface area contributed by atoms with Gasteiger partial charge in [0.1, 0.15) is 0 Å². The molecule has 0 amide bonds. The molecule has 1 fully saturated rings.